The lowest BCUT2D eigenvalue weighted by Gasteiger charge is -2.09. The zero-order chi connectivity index (χ0) is 16.4. The second-order valence-electron chi connectivity index (χ2n) is 4.88. The van der Waals surface area contributed by atoms with E-state index in [1.54, 1.807) is 0 Å². The number of aromatic nitrogens is 3. The molecule has 0 bridgehead atoms. The Bertz CT molecular complexity index is 933. The molecule has 0 aliphatic heterocycles. The molecule has 0 unspecified atom stereocenters. The molecular formula is C15H14N4O2S2. The summed E-state index contributed by atoms with van der Waals surface area (Å²) in [5.41, 5.74) is 1.89. The van der Waals surface area contributed by atoms with Crippen molar-refractivity contribution in [1.82, 2.24) is 14.5 Å². The Morgan fingerprint density at radius 1 is 1.39 bits per heavy atom. The molecule has 0 aliphatic rings. The van der Waals surface area contributed by atoms with E-state index >= 15 is 0 Å². The van der Waals surface area contributed by atoms with Gasteiger partial charge in [0.25, 0.3) is 5.56 Å². The van der Waals surface area contributed by atoms with Gasteiger partial charge in [-0.15, -0.1) is 11.3 Å². The van der Waals surface area contributed by atoms with E-state index in [0.29, 0.717) is 10.3 Å². The number of fused-ring (bicyclic) bond motifs is 1. The molecule has 1 aromatic carbocycles. The van der Waals surface area contributed by atoms with Crippen molar-refractivity contribution in [3.63, 3.8) is 0 Å². The minimum Gasteiger partial charge on any atom is -0.324 e. The van der Waals surface area contributed by atoms with Crippen LogP contribution in [0.1, 0.15) is 5.56 Å². The van der Waals surface area contributed by atoms with E-state index in [1.807, 2.05) is 37.4 Å². The number of rotatable bonds is 4. The van der Waals surface area contributed by atoms with Gasteiger partial charge < -0.3 is 5.32 Å². The lowest BCUT2D eigenvalue weighted by Crippen LogP contribution is -2.27. The quantitative estimate of drug-likeness (QED) is 0.735. The fourth-order valence-corrected chi connectivity index (χ4v) is 3.55. The topological polar surface area (TPSA) is 76.9 Å². The molecule has 2 aromatic heterocycles. The number of amides is 1. The predicted octanol–water partition coefficient (Wildman–Crippen LogP) is 2.52. The Kier molecular flexibility index (Phi) is 4.44. The Labute approximate surface area is 140 Å². The van der Waals surface area contributed by atoms with Gasteiger partial charge in [-0.1, -0.05) is 30.0 Å². The molecule has 1 amide bonds. The first-order chi connectivity index (χ1) is 11.1. The van der Waals surface area contributed by atoms with Gasteiger partial charge in [-0.25, -0.2) is 9.97 Å². The SMILES string of the molecule is CSc1nc2ncn(CC(=O)Nc3ccccc3C)c(=O)c2s1. The summed E-state index contributed by atoms with van der Waals surface area (Å²) < 4.78 is 2.56. The number of hydrogen-bond donors (Lipinski definition) is 1. The van der Waals surface area contributed by atoms with Crippen LogP contribution in [-0.4, -0.2) is 26.7 Å². The van der Waals surface area contributed by atoms with Gasteiger partial charge in [0.05, 0.1) is 0 Å². The Hall–Kier alpha value is -2.19. The number of thioether (sulfide) groups is 1. The highest BCUT2D eigenvalue weighted by molar-refractivity contribution is 8.00. The maximum Gasteiger partial charge on any atom is 0.273 e. The largest absolute Gasteiger partial charge is 0.324 e. The van der Waals surface area contributed by atoms with Gasteiger partial charge in [0.1, 0.15) is 17.6 Å². The maximum atomic E-state index is 12.4. The van der Waals surface area contributed by atoms with E-state index in [9.17, 15) is 9.59 Å². The predicted molar refractivity (Wildman–Crippen MR) is 93.3 cm³/mol. The number of benzene rings is 1. The van der Waals surface area contributed by atoms with Gasteiger partial charge in [0.2, 0.25) is 5.91 Å². The van der Waals surface area contributed by atoms with E-state index in [2.05, 4.69) is 15.3 Å². The van der Waals surface area contributed by atoms with Crippen LogP contribution in [0, 0.1) is 6.92 Å². The third-order valence-corrected chi connectivity index (χ3v) is 5.29. The Balaban J connectivity index is 1.84. The second kappa shape index (κ2) is 6.51. The maximum absolute atomic E-state index is 12.4. The highest BCUT2D eigenvalue weighted by Gasteiger charge is 2.12. The molecule has 3 rings (SSSR count). The number of nitrogens with zero attached hydrogens (tertiary/aromatic N) is 3. The molecule has 0 aliphatic carbocycles. The molecule has 23 heavy (non-hydrogen) atoms. The molecule has 1 N–H and O–H groups in total. The van der Waals surface area contributed by atoms with Crippen LogP contribution in [0.3, 0.4) is 0 Å². The van der Waals surface area contributed by atoms with Crippen molar-refractivity contribution >= 4 is 45.0 Å². The first-order valence-electron chi connectivity index (χ1n) is 6.84. The summed E-state index contributed by atoms with van der Waals surface area (Å²) in [6.45, 7) is 1.83. The van der Waals surface area contributed by atoms with E-state index < -0.39 is 0 Å². The average molecular weight is 346 g/mol. The van der Waals surface area contributed by atoms with E-state index in [0.717, 1.165) is 15.6 Å². The standard InChI is InChI=1S/C15H14N4O2S2/c1-9-5-3-4-6-10(9)17-11(20)7-19-8-16-13-12(14(19)21)23-15(18-13)22-2/h3-6,8H,7H2,1-2H3,(H,17,20). The van der Waals surface area contributed by atoms with E-state index in [1.165, 1.54) is 34.0 Å². The summed E-state index contributed by atoms with van der Waals surface area (Å²) in [5, 5.41) is 2.81. The minimum atomic E-state index is -0.267. The minimum absolute atomic E-state index is 0.0807. The van der Waals surface area contributed by atoms with Crippen molar-refractivity contribution in [3.8, 4) is 0 Å². The van der Waals surface area contributed by atoms with Crippen molar-refractivity contribution in [1.29, 1.82) is 0 Å². The molecule has 0 fully saturated rings. The first-order valence-corrected chi connectivity index (χ1v) is 8.88. The molecule has 0 saturated heterocycles. The van der Waals surface area contributed by atoms with Crippen LogP contribution >= 0.6 is 23.1 Å². The lowest BCUT2D eigenvalue weighted by atomic mass is 10.2. The molecular weight excluding hydrogens is 332 g/mol. The molecule has 3 aromatic rings. The van der Waals surface area contributed by atoms with Gasteiger partial charge in [0.15, 0.2) is 9.99 Å². The number of aryl methyl sites for hydroxylation is 1. The highest BCUT2D eigenvalue weighted by atomic mass is 32.2. The van der Waals surface area contributed by atoms with Gasteiger partial charge in [-0.2, -0.15) is 0 Å². The van der Waals surface area contributed by atoms with Crippen molar-refractivity contribution in [2.75, 3.05) is 11.6 Å². The van der Waals surface area contributed by atoms with Crippen LogP contribution in [0.25, 0.3) is 10.3 Å². The monoisotopic (exact) mass is 346 g/mol. The molecule has 8 heteroatoms. The van der Waals surface area contributed by atoms with Crippen molar-refractivity contribution in [3.05, 3.63) is 46.5 Å². The average Bonchev–Trinajstić information content (AvgIpc) is 2.96. The Morgan fingerprint density at radius 2 is 2.17 bits per heavy atom. The molecule has 0 atom stereocenters. The summed E-state index contributed by atoms with van der Waals surface area (Å²) in [7, 11) is 0. The second-order valence-corrected chi connectivity index (χ2v) is 6.93. The van der Waals surface area contributed by atoms with Gasteiger partial charge >= 0.3 is 0 Å². The summed E-state index contributed by atoms with van der Waals surface area (Å²) >= 11 is 2.76. The summed E-state index contributed by atoms with van der Waals surface area (Å²) in [5.74, 6) is -0.267. The molecule has 0 radical (unpaired) electrons. The smallest absolute Gasteiger partial charge is 0.273 e. The number of hydrogen-bond acceptors (Lipinski definition) is 6. The Morgan fingerprint density at radius 3 is 2.91 bits per heavy atom. The molecule has 6 nitrogen and oxygen atoms in total. The fraction of sp³-hybridized carbons (Fsp3) is 0.200. The third kappa shape index (κ3) is 3.27. The molecule has 2 heterocycles. The van der Waals surface area contributed by atoms with Crippen molar-refractivity contribution in [2.45, 2.75) is 17.8 Å². The van der Waals surface area contributed by atoms with Crippen molar-refractivity contribution in [2.24, 2.45) is 0 Å². The van der Waals surface area contributed by atoms with Crippen molar-refractivity contribution < 1.29 is 4.79 Å². The first kappa shape index (κ1) is 15.7. The van der Waals surface area contributed by atoms with E-state index in [4.69, 9.17) is 0 Å². The van der Waals surface area contributed by atoms with Gasteiger partial charge in [-0.05, 0) is 24.8 Å². The summed E-state index contributed by atoms with van der Waals surface area (Å²) in [6.07, 6.45) is 3.26. The number of carbonyl (C=O) groups excluding carboxylic acids is 1. The number of para-hydroxylation sites is 1. The highest BCUT2D eigenvalue weighted by Crippen LogP contribution is 2.24. The van der Waals surface area contributed by atoms with Crippen LogP contribution in [0.4, 0.5) is 5.69 Å². The van der Waals surface area contributed by atoms with E-state index in [-0.39, 0.29) is 18.0 Å². The van der Waals surface area contributed by atoms with Gasteiger partial charge in [0, 0.05) is 5.69 Å². The summed E-state index contributed by atoms with van der Waals surface area (Å²) in [6, 6.07) is 7.49. The number of nitrogens with one attached hydrogen (secondary N) is 1. The third-order valence-electron chi connectivity index (χ3n) is 3.27. The van der Waals surface area contributed by atoms with Gasteiger partial charge in [-0.3, -0.25) is 14.2 Å². The zero-order valence-corrected chi connectivity index (χ0v) is 14.2. The van der Waals surface area contributed by atoms with Crippen LogP contribution < -0.4 is 10.9 Å². The van der Waals surface area contributed by atoms with Crippen LogP contribution in [0.2, 0.25) is 0 Å². The molecule has 0 saturated carbocycles. The fourth-order valence-electron chi connectivity index (χ4n) is 2.08. The zero-order valence-electron chi connectivity index (χ0n) is 12.6. The summed E-state index contributed by atoms with van der Waals surface area (Å²) in [4.78, 5) is 33.0. The number of thiazole rings is 1. The van der Waals surface area contributed by atoms with Crippen LogP contribution in [-0.2, 0) is 11.3 Å². The molecule has 0 spiro atoms. The van der Waals surface area contributed by atoms with Crippen LogP contribution in [0.5, 0.6) is 0 Å². The molecule has 118 valence electrons. The normalized spacial score (nSPS) is 10.9. The number of carbonyl (C=O) groups is 1. The van der Waals surface area contributed by atoms with Crippen LogP contribution in [0.15, 0.2) is 39.7 Å². The lowest BCUT2D eigenvalue weighted by molar-refractivity contribution is -0.116. The number of anilines is 1.